The Labute approximate surface area is 170 Å². The maximum absolute atomic E-state index is 4.74. The average molecular weight is 459 g/mol. The number of rotatable bonds is 8. The number of guanidine groups is 1. The predicted molar refractivity (Wildman–Crippen MR) is 117 cm³/mol. The first-order valence-corrected chi connectivity index (χ1v) is 9.49. The van der Waals surface area contributed by atoms with Crippen LogP contribution in [0, 0.1) is 0 Å². The molecule has 0 radical (unpaired) electrons. The Kier molecular flexibility index (Phi) is 11.8. The first-order chi connectivity index (χ1) is 11.8. The van der Waals surface area contributed by atoms with Gasteiger partial charge >= 0.3 is 0 Å². The number of halogens is 1. The van der Waals surface area contributed by atoms with E-state index >= 15 is 0 Å². The highest BCUT2D eigenvalue weighted by Gasteiger charge is 2.19. The largest absolute Gasteiger partial charge is 0.357 e. The van der Waals surface area contributed by atoms with Crippen molar-refractivity contribution in [1.29, 1.82) is 0 Å². The summed E-state index contributed by atoms with van der Waals surface area (Å²) >= 11 is 0. The molecule has 0 aromatic carbocycles. The van der Waals surface area contributed by atoms with Crippen LogP contribution in [0.25, 0.3) is 0 Å². The van der Waals surface area contributed by atoms with E-state index in [9.17, 15) is 0 Å². The third-order valence-corrected chi connectivity index (χ3v) is 4.62. The van der Waals surface area contributed by atoms with Gasteiger partial charge in [-0.1, -0.05) is 19.4 Å². The molecule has 2 N–H and O–H groups in total. The summed E-state index contributed by atoms with van der Waals surface area (Å²) in [4.78, 5) is 11.7. The molecule has 1 aliphatic heterocycles. The lowest BCUT2D eigenvalue weighted by Crippen LogP contribution is -2.42. The first-order valence-electron chi connectivity index (χ1n) is 9.49. The number of aliphatic imine (C=N–C) groups is 1. The summed E-state index contributed by atoms with van der Waals surface area (Å²) in [5.41, 5.74) is 1.11. The van der Waals surface area contributed by atoms with Crippen molar-refractivity contribution in [1.82, 2.24) is 20.5 Å². The summed E-state index contributed by atoms with van der Waals surface area (Å²) in [6, 6.07) is 6.80. The molecule has 0 aliphatic carbocycles. The van der Waals surface area contributed by atoms with Crippen molar-refractivity contribution >= 4 is 29.9 Å². The topological polar surface area (TPSA) is 52.6 Å². The molecule has 2 heterocycles. The molecule has 1 fully saturated rings. The fraction of sp³-hybridized carbons (Fsp3) is 0.684. The standard InChI is InChI=1S/C19H33N5.HI/c1-3-18-10-6-8-15-24(18)16-14-23-19(20-4-2)22-13-11-17-9-5-7-12-21-17;/h5,7,9,12,18H,3-4,6,8,10-11,13-16H2,1-2H3,(H2,20,22,23);1H. The zero-order valence-corrected chi connectivity index (χ0v) is 18.0. The van der Waals surface area contributed by atoms with Crippen LogP contribution in [0.15, 0.2) is 29.4 Å². The van der Waals surface area contributed by atoms with Gasteiger partial charge in [0.15, 0.2) is 5.96 Å². The number of hydrogen-bond acceptors (Lipinski definition) is 3. The third kappa shape index (κ3) is 8.35. The highest BCUT2D eigenvalue weighted by Crippen LogP contribution is 2.18. The van der Waals surface area contributed by atoms with Gasteiger partial charge in [-0.05, 0) is 44.9 Å². The number of piperidine rings is 1. The zero-order valence-electron chi connectivity index (χ0n) is 15.7. The van der Waals surface area contributed by atoms with E-state index in [-0.39, 0.29) is 24.0 Å². The Morgan fingerprint density at radius 3 is 2.88 bits per heavy atom. The smallest absolute Gasteiger partial charge is 0.191 e. The summed E-state index contributed by atoms with van der Waals surface area (Å²) in [7, 11) is 0. The molecule has 0 saturated carbocycles. The molecular weight excluding hydrogens is 425 g/mol. The average Bonchev–Trinajstić information content (AvgIpc) is 2.63. The number of nitrogens with one attached hydrogen (secondary N) is 2. The second-order valence-electron chi connectivity index (χ2n) is 6.35. The van der Waals surface area contributed by atoms with E-state index in [0.717, 1.165) is 50.3 Å². The highest BCUT2D eigenvalue weighted by molar-refractivity contribution is 14.0. The Bertz CT molecular complexity index is 480. The van der Waals surface area contributed by atoms with Crippen molar-refractivity contribution in [2.75, 3.05) is 32.7 Å². The van der Waals surface area contributed by atoms with Gasteiger partial charge in [0.1, 0.15) is 0 Å². The van der Waals surface area contributed by atoms with Gasteiger partial charge in [-0.2, -0.15) is 0 Å². The van der Waals surface area contributed by atoms with Gasteiger partial charge < -0.3 is 10.6 Å². The van der Waals surface area contributed by atoms with Gasteiger partial charge in [-0.15, -0.1) is 24.0 Å². The Morgan fingerprint density at radius 2 is 2.16 bits per heavy atom. The van der Waals surface area contributed by atoms with Crippen molar-refractivity contribution in [3.8, 4) is 0 Å². The quantitative estimate of drug-likeness (QED) is 0.357. The molecule has 5 nitrogen and oxygen atoms in total. The summed E-state index contributed by atoms with van der Waals surface area (Å²) in [6.07, 6.45) is 8.08. The van der Waals surface area contributed by atoms with Crippen molar-refractivity contribution in [2.24, 2.45) is 4.99 Å². The van der Waals surface area contributed by atoms with Gasteiger partial charge in [0.2, 0.25) is 0 Å². The highest BCUT2D eigenvalue weighted by atomic mass is 127. The number of hydrogen-bond donors (Lipinski definition) is 2. The van der Waals surface area contributed by atoms with Crippen LogP contribution in [0.5, 0.6) is 0 Å². The fourth-order valence-corrected chi connectivity index (χ4v) is 3.30. The molecule has 0 spiro atoms. The van der Waals surface area contributed by atoms with Gasteiger partial charge in [-0.3, -0.25) is 14.9 Å². The van der Waals surface area contributed by atoms with Gasteiger partial charge in [-0.25, -0.2) is 0 Å². The van der Waals surface area contributed by atoms with Gasteiger partial charge in [0.25, 0.3) is 0 Å². The zero-order chi connectivity index (χ0) is 17.0. The minimum Gasteiger partial charge on any atom is -0.357 e. The molecule has 2 rings (SSSR count). The molecule has 142 valence electrons. The number of aromatic nitrogens is 1. The van der Waals surface area contributed by atoms with E-state index in [1.54, 1.807) is 0 Å². The molecule has 0 amide bonds. The van der Waals surface area contributed by atoms with Gasteiger partial charge in [0.05, 0.1) is 6.54 Å². The molecular formula is C19H34IN5. The molecule has 1 unspecified atom stereocenters. The van der Waals surface area contributed by atoms with E-state index in [1.807, 2.05) is 18.3 Å². The second kappa shape index (κ2) is 13.3. The van der Waals surface area contributed by atoms with E-state index in [1.165, 1.54) is 32.2 Å². The minimum absolute atomic E-state index is 0. The number of nitrogens with zero attached hydrogens (tertiary/aromatic N) is 3. The molecule has 1 atom stereocenters. The SMILES string of the molecule is CCNC(=NCCN1CCCCC1CC)NCCc1ccccn1.I. The summed E-state index contributed by atoms with van der Waals surface area (Å²) in [6.45, 7) is 9.30. The molecule has 1 aromatic heterocycles. The minimum atomic E-state index is 0. The van der Waals surface area contributed by atoms with Crippen molar-refractivity contribution in [2.45, 2.75) is 52.0 Å². The molecule has 1 aromatic rings. The van der Waals surface area contributed by atoms with E-state index in [4.69, 9.17) is 4.99 Å². The molecule has 1 saturated heterocycles. The lowest BCUT2D eigenvalue weighted by atomic mass is 10.0. The molecule has 25 heavy (non-hydrogen) atoms. The maximum atomic E-state index is 4.74. The Morgan fingerprint density at radius 1 is 1.28 bits per heavy atom. The molecule has 1 aliphatic rings. The fourth-order valence-electron chi connectivity index (χ4n) is 3.30. The summed E-state index contributed by atoms with van der Waals surface area (Å²) in [5, 5.41) is 6.74. The lowest BCUT2D eigenvalue weighted by molar-refractivity contribution is 0.148. The number of pyridine rings is 1. The monoisotopic (exact) mass is 459 g/mol. The van der Waals surface area contributed by atoms with Crippen LogP contribution < -0.4 is 10.6 Å². The van der Waals surface area contributed by atoms with Crippen molar-refractivity contribution in [3.05, 3.63) is 30.1 Å². The second-order valence-corrected chi connectivity index (χ2v) is 6.35. The van der Waals surface area contributed by atoms with Crippen LogP contribution in [-0.4, -0.2) is 54.6 Å². The Hall–Kier alpha value is -0.890. The predicted octanol–water partition coefficient (Wildman–Crippen LogP) is 3.06. The van der Waals surface area contributed by atoms with Crippen molar-refractivity contribution in [3.63, 3.8) is 0 Å². The molecule has 0 bridgehead atoms. The van der Waals surface area contributed by atoms with Crippen LogP contribution >= 0.6 is 24.0 Å². The third-order valence-electron chi connectivity index (χ3n) is 4.62. The first kappa shape index (κ1) is 22.2. The Balaban J connectivity index is 0.00000312. The van der Waals surface area contributed by atoms with E-state index < -0.39 is 0 Å². The van der Waals surface area contributed by atoms with Crippen LogP contribution in [0.1, 0.15) is 45.2 Å². The van der Waals surface area contributed by atoms with E-state index in [2.05, 4.69) is 40.4 Å². The van der Waals surface area contributed by atoms with Crippen LogP contribution in [-0.2, 0) is 6.42 Å². The normalized spacial score (nSPS) is 18.5. The summed E-state index contributed by atoms with van der Waals surface area (Å²) in [5.74, 6) is 0.915. The lowest BCUT2D eigenvalue weighted by Gasteiger charge is -2.34. The van der Waals surface area contributed by atoms with Gasteiger partial charge in [0, 0.05) is 44.0 Å². The number of likely N-dealkylation sites (tertiary alicyclic amines) is 1. The van der Waals surface area contributed by atoms with E-state index in [0.29, 0.717) is 0 Å². The summed E-state index contributed by atoms with van der Waals surface area (Å²) < 4.78 is 0. The van der Waals surface area contributed by atoms with Crippen LogP contribution in [0.4, 0.5) is 0 Å². The van der Waals surface area contributed by atoms with Crippen LogP contribution in [0.2, 0.25) is 0 Å². The van der Waals surface area contributed by atoms with Crippen LogP contribution in [0.3, 0.4) is 0 Å². The van der Waals surface area contributed by atoms with Crippen molar-refractivity contribution < 1.29 is 0 Å². The molecule has 6 heteroatoms. The maximum Gasteiger partial charge on any atom is 0.191 e.